The summed E-state index contributed by atoms with van der Waals surface area (Å²) in [5.74, 6) is 0.727. The predicted molar refractivity (Wildman–Crippen MR) is 69.9 cm³/mol. The number of halogens is 1. The van der Waals surface area contributed by atoms with E-state index in [0.717, 1.165) is 16.8 Å². The highest BCUT2D eigenvalue weighted by atomic mass is 79.9. The zero-order valence-corrected chi connectivity index (χ0v) is 11.3. The van der Waals surface area contributed by atoms with E-state index in [0.29, 0.717) is 0 Å². The molecule has 1 aromatic carbocycles. The molecule has 2 heteroatoms. The zero-order valence-electron chi connectivity index (χ0n) is 9.76. The number of aryl methyl sites for hydroxylation is 1. The molecule has 1 rings (SSSR count). The lowest BCUT2D eigenvalue weighted by Gasteiger charge is -2.14. The van der Waals surface area contributed by atoms with Crippen LogP contribution in [0, 0.1) is 12.8 Å². The highest BCUT2D eigenvalue weighted by Crippen LogP contribution is 2.24. The fourth-order valence-corrected chi connectivity index (χ4v) is 1.92. The van der Waals surface area contributed by atoms with Crippen molar-refractivity contribution >= 4 is 15.9 Å². The molecule has 0 radical (unpaired) electrons. The van der Waals surface area contributed by atoms with Crippen molar-refractivity contribution < 1.29 is 0 Å². The number of rotatable bonds is 4. The summed E-state index contributed by atoms with van der Waals surface area (Å²) < 4.78 is 1.15. The summed E-state index contributed by atoms with van der Waals surface area (Å²) >= 11 is 3.54. The molecule has 2 N–H and O–H groups in total. The van der Waals surface area contributed by atoms with Crippen molar-refractivity contribution in [2.24, 2.45) is 11.7 Å². The Labute approximate surface area is 101 Å². The molecule has 0 aliphatic rings. The van der Waals surface area contributed by atoms with Gasteiger partial charge in [0.2, 0.25) is 0 Å². The van der Waals surface area contributed by atoms with Crippen molar-refractivity contribution in [2.75, 3.05) is 0 Å². The Kier molecular flexibility index (Phi) is 4.81. The van der Waals surface area contributed by atoms with Gasteiger partial charge in [-0.05, 0) is 42.9 Å². The van der Waals surface area contributed by atoms with Gasteiger partial charge in [-0.2, -0.15) is 0 Å². The summed E-state index contributed by atoms with van der Waals surface area (Å²) in [5.41, 5.74) is 8.63. The maximum atomic E-state index is 6.14. The molecule has 0 saturated heterocycles. The molecule has 84 valence electrons. The molecule has 0 aliphatic heterocycles. The SMILES string of the molecule is Cc1ccc([C@H](N)CCC(C)C)cc1Br. The summed E-state index contributed by atoms with van der Waals surface area (Å²) in [5, 5.41) is 0. The van der Waals surface area contributed by atoms with Gasteiger partial charge in [-0.1, -0.05) is 41.9 Å². The monoisotopic (exact) mass is 269 g/mol. The Morgan fingerprint density at radius 1 is 1.27 bits per heavy atom. The smallest absolute Gasteiger partial charge is 0.0295 e. The second-order valence-electron chi connectivity index (χ2n) is 4.59. The third kappa shape index (κ3) is 3.96. The molecular formula is C13H20BrN. The van der Waals surface area contributed by atoms with Crippen molar-refractivity contribution in [1.82, 2.24) is 0 Å². The maximum absolute atomic E-state index is 6.14. The third-order valence-electron chi connectivity index (χ3n) is 2.68. The molecule has 0 fully saturated rings. The number of benzene rings is 1. The molecule has 0 aliphatic carbocycles. The van der Waals surface area contributed by atoms with Gasteiger partial charge in [-0.25, -0.2) is 0 Å². The molecule has 0 heterocycles. The highest BCUT2D eigenvalue weighted by molar-refractivity contribution is 9.10. The highest BCUT2D eigenvalue weighted by Gasteiger charge is 2.08. The van der Waals surface area contributed by atoms with E-state index < -0.39 is 0 Å². The van der Waals surface area contributed by atoms with Crippen LogP contribution in [-0.4, -0.2) is 0 Å². The Morgan fingerprint density at radius 3 is 2.47 bits per heavy atom. The van der Waals surface area contributed by atoms with Crippen LogP contribution in [0.4, 0.5) is 0 Å². The van der Waals surface area contributed by atoms with E-state index in [1.807, 2.05) is 0 Å². The Hall–Kier alpha value is -0.340. The van der Waals surface area contributed by atoms with Gasteiger partial charge in [0.25, 0.3) is 0 Å². The second kappa shape index (κ2) is 5.66. The molecule has 1 aromatic rings. The van der Waals surface area contributed by atoms with Crippen molar-refractivity contribution in [1.29, 1.82) is 0 Å². The van der Waals surface area contributed by atoms with Crippen LogP contribution in [0.3, 0.4) is 0 Å². The van der Waals surface area contributed by atoms with Crippen LogP contribution in [-0.2, 0) is 0 Å². The second-order valence-corrected chi connectivity index (χ2v) is 5.44. The summed E-state index contributed by atoms with van der Waals surface area (Å²) in [6.07, 6.45) is 2.25. The minimum Gasteiger partial charge on any atom is -0.324 e. The lowest BCUT2D eigenvalue weighted by Crippen LogP contribution is -2.11. The topological polar surface area (TPSA) is 26.0 Å². The fraction of sp³-hybridized carbons (Fsp3) is 0.538. The average molecular weight is 270 g/mol. The lowest BCUT2D eigenvalue weighted by atomic mass is 9.98. The lowest BCUT2D eigenvalue weighted by molar-refractivity contribution is 0.507. The Morgan fingerprint density at radius 2 is 1.93 bits per heavy atom. The quantitative estimate of drug-likeness (QED) is 0.872. The molecule has 0 unspecified atom stereocenters. The summed E-state index contributed by atoms with van der Waals surface area (Å²) in [6, 6.07) is 6.56. The van der Waals surface area contributed by atoms with E-state index in [4.69, 9.17) is 5.73 Å². The van der Waals surface area contributed by atoms with E-state index >= 15 is 0 Å². The summed E-state index contributed by atoms with van der Waals surface area (Å²) in [4.78, 5) is 0. The van der Waals surface area contributed by atoms with Gasteiger partial charge in [-0.3, -0.25) is 0 Å². The van der Waals surface area contributed by atoms with E-state index in [-0.39, 0.29) is 6.04 Å². The largest absolute Gasteiger partial charge is 0.324 e. The van der Waals surface area contributed by atoms with Gasteiger partial charge >= 0.3 is 0 Å². The molecule has 0 spiro atoms. The zero-order chi connectivity index (χ0) is 11.4. The molecule has 0 aromatic heterocycles. The first-order valence-corrected chi connectivity index (χ1v) is 6.31. The number of hydrogen-bond donors (Lipinski definition) is 1. The van der Waals surface area contributed by atoms with Crippen LogP contribution >= 0.6 is 15.9 Å². The average Bonchev–Trinajstić information content (AvgIpc) is 2.18. The molecule has 1 atom stereocenters. The third-order valence-corrected chi connectivity index (χ3v) is 3.53. The predicted octanol–water partition coefficient (Wildman–Crippen LogP) is 4.19. The fourth-order valence-electron chi connectivity index (χ4n) is 1.52. The van der Waals surface area contributed by atoms with Crippen LogP contribution in [0.2, 0.25) is 0 Å². The minimum atomic E-state index is 0.171. The Balaban J connectivity index is 2.65. The van der Waals surface area contributed by atoms with Gasteiger partial charge < -0.3 is 5.73 Å². The van der Waals surface area contributed by atoms with Crippen molar-refractivity contribution in [2.45, 2.75) is 39.7 Å². The standard InChI is InChI=1S/C13H20BrN/c1-9(2)4-7-13(15)11-6-5-10(3)12(14)8-11/h5-6,8-9,13H,4,7,15H2,1-3H3/t13-/m1/s1. The van der Waals surface area contributed by atoms with E-state index in [1.54, 1.807) is 0 Å². The number of hydrogen-bond acceptors (Lipinski definition) is 1. The van der Waals surface area contributed by atoms with Crippen LogP contribution in [0.5, 0.6) is 0 Å². The van der Waals surface area contributed by atoms with Crippen LogP contribution in [0.25, 0.3) is 0 Å². The molecule has 15 heavy (non-hydrogen) atoms. The van der Waals surface area contributed by atoms with Gasteiger partial charge in [0.05, 0.1) is 0 Å². The molecule has 1 nitrogen and oxygen atoms in total. The Bertz CT molecular complexity index is 320. The normalized spacial score (nSPS) is 13.2. The van der Waals surface area contributed by atoms with Gasteiger partial charge in [0, 0.05) is 10.5 Å². The maximum Gasteiger partial charge on any atom is 0.0295 e. The minimum absolute atomic E-state index is 0.171. The number of nitrogens with two attached hydrogens (primary N) is 1. The van der Waals surface area contributed by atoms with Gasteiger partial charge in [0.15, 0.2) is 0 Å². The van der Waals surface area contributed by atoms with Crippen LogP contribution in [0.15, 0.2) is 22.7 Å². The molecule has 0 saturated carbocycles. The molecule has 0 bridgehead atoms. The van der Waals surface area contributed by atoms with Crippen molar-refractivity contribution in [3.63, 3.8) is 0 Å². The van der Waals surface area contributed by atoms with Crippen LogP contribution in [0.1, 0.15) is 43.9 Å². The van der Waals surface area contributed by atoms with E-state index in [9.17, 15) is 0 Å². The van der Waals surface area contributed by atoms with Crippen molar-refractivity contribution in [3.05, 3.63) is 33.8 Å². The van der Waals surface area contributed by atoms with Crippen molar-refractivity contribution in [3.8, 4) is 0 Å². The summed E-state index contributed by atoms with van der Waals surface area (Å²) in [7, 11) is 0. The van der Waals surface area contributed by atoms with E-state index in [1.165, 1.54) is 17.5 Å². The first-order chi connectivity index (χ1) is 7.00. The molecule has 0 amide bonds. The first kappa shape index (κ1) is 12.7. The first-order valence-electron chi connectivity index (χ1n) is 5.52. The van der Waals surface area contributed by atoms with Gasteiger partial charge in [0.1, 0.15) is 0 Å². The van der Waals surface area contributed by atoms with Gasteiger partial charge in [-0.15, -0.1) is 0 Å². The summed E-state index contributed by atoms with van der Waals surface area (Å²) in [6.45, 7) is 6.56. The molecular weight excluding hydrogens is 250 g/mol. The van der Waals surface area contributed by atoms with Crippen LogP contribution < -0.4 is 5.73 Å². The van der Waals surface area contributed by atoms with E-state index in [2.05, 4.69) is 54.9 Å².